The highest BCUT2D eigenvalue weighted by atomic mass is 16.4. The van der Waals surface area contributed by atoms with Gasteiger partial charge in [-0.25, -0.2) is 4.79 Å². The topological polar surface area (TPSA) is 74.6 Å². The summed E-state index contributed by atoms with van der Waals surface area (Å²) >= 11 is 0. The number of hydrogen-bond acceptors (Lipinski definition) is 2. The molecular formula is C20H22O4. The summed E-state index contributed by atoms with van der Waals surface area (Å²) in [6.45, 7) is 0. The lowest BCUT2D eigenvalue weighted by atomic mass is 9.93. The lowest BCUT2D eigenvalue weighted by molar-refractivity contribution is -0.142. The van der Waals surface area contributed by atoms with Crippen LogP contribution in [0.5, 0.6) is 0 Å². The van der Waals surface area contributed by atoms with E-state index >= 15 is 0 Å². The SMILES string of the molecule is O=C(O)c1cccc(CCCC(CCc2ccccc2)C(=O)O)c1. The van der Waals surface area contributed by atoms with E-state index in [0.717, 1.165) is 24.0 Å². The minimum Gasteiger partial charge on any atom is -0.481 e. The zero-order valence-electron chi connectivity index (χ0n) is 13.5. The lowest BCUT2D eigenvalue weighted by Crippen LogP contribution is -2.15. The van der Waals surface area contributed by atoms with E-state index in [9.17, 15) is 14.7 Å². The van der Waals surface area contributed by atoms with Crippen molar-refractivity contribution in [2.45, 2.75) is 32.1 Å². The molecule has 2 aromatic rings. The number of carbonyl (C=O) groups is 2. The molecule has 126 valence electrons. The predicted molar refractivity (Wildman–Crippen MR) is 92.2 cm³/mol. The minimum atomic E-state index is -0.942. The fourth-order valence-corrected chi connectivity index (χ4v) is 2.79. The van der Waals surface area contributed by atoms with Crippen LogP contribution in [0.15, 0.2) is 54.6 Å². The second kappa shape index (κ2) is 8.87. The first kappa shape index (κ1) is 17.7. The fraction of sp³-hybridized carbons (Fsp3) is 0.300. The van der Waals surface area contributed by atoms with Gasteiger partial charge in [-0.3, -0.25) is 4.79 Å². The molecule has 0 aliphatic carbocycles. The van der Waals surface area contributed by atoms with Crippen LogP contribution in [0.3, 0.4) is 0 Å². The third-order valence-corrected chi connectivity index (χ3v) is 4.17. The molecule has 4 heteroatoms. The quantitative estimate of drug-likeness (QED) is 0.729. The van der Waals surface area contributed by atoms with Crippen molar-refractivity contribution in [3.8, 4) is 0 Å². The number of carboxylic acid groups (broad SMARTS) is 2. The lowest BCUT2D eigenvalue weighted by Gasteiger charge is -2.12. The van der Waals surface area contributed by atoms with E-state index in [1.807, 2.05) is 36.4 Å². The van der Waals surface area contributed by atoms with Crippen molar-refractivity contribution in [2.24, 2.45) is 5.92 Å². The predicted octanol–water partition coefficient (Wildman–Crippen LogP) is 4.04. The summed E-state index contributed by atoms with van der Waals surface area (Å²) in [5.41, 5.74) is 2.35. The summed E-state index contributed by atoms with van der Waals surface area (Å²) in [5, 5.41) is 18.4. The summed E-state index contributed by atoms with van der Waals surface area (Å²) in [6.07, 6.45) is 3.39. The van der Waals surface area contributed by atoms with Gasteiger partial charge < -0.3 is 10.2 Å². The van der Waals surface area contributed by atoms with E-state index < -0.39 is 11.9 Å². The van der Waals surface area contributed by atoms with Gasteiger partial charge in [0.1, 0.15) is 0 Å². The molecule has 0 aliphatic rings. The van der Waals surface area contributed by atoms with E-state index in [1.165, 1.54) is 0 Å². The van der Waals surface area contributed by atoms with E-state index in [1.54, 1.807) is 18.2 Å². The number of hydrogen-bond donors (Lipinski definition) is 2. The highest BCUT2D eigenvalue weighted by molar-refractivity contribution is 5.87. The highest BCUT2D eigenvalue weighted by Crippen LogP contribution is 2.18. The third kappa shape index (κ3) is 5.54. The maximum absolute atomic E-state index is 11.4. The zero-order valence-corrected chi connectivity index (χ0v) is 13.5. The standard InChI is InChI=1S/C20H22O4/c21-19(22)17(13-12-15-6-2-1-3-7-15)10-4-8-16-9-5-11-18(14-16)20(23)24/h1-3,5-7,9,11,14,17H,4,8,10,12-13H2,(H,21,22)(H,23,24). The number of aryl methyl sites for hydroxylation is 2. The monoisotopic (exact) mass is 326 g/mol. The van der Waals surface area contributed by atoms with E-state index in [-0.39, 0.29) is 11.5 Å². The van der Waals surface area contributed by atoms with Crippen molar-refractivity contribution >= 4 is 11.9 Å². The van der Waals surface area contributed by atoms with Crippen LogP contribution in [0, 0.1) is 5.92 Å². The molecule has 2 aromatic carbocycles. The molecule has 2 N–H and O–H groups in total. The highest BCUT2D eigenvalue weighted by Gasteiger charge is 2.17. The van der Waals surface area contributed by atoms with Crippen LogP contribution in [0.1, 0.15) is 40.7 Å². The van der Waals surface area contributed by atoms with Crippen molar-refractivity contribution in [3.63, 3.8) is 0 Å². The first-order chi connectivity index (χ1) is 11.6. The molecular weight excluding hydrogens is 304 g/mol. The van der Waals surface area contributed by atoms with E-state index in [4.69, 9.17) is 5.11 Å². The van der Waals surface area contributed by atoms with Crippen molar-refractivity contribution < 1.29 is 19.8 Å². The first-order valence-corrected chi connectivity index (χ1v) is 8.15. The maximum Gasteiger partial charge on any atom is 0.335 e. The largest absolute Gasteiger partial charge is 0.481 e. The number of benzene rings is 2. The second-order valence-electron chi connectivity index (χ2n) is 5.96. The Bertz CT molecular complexity index is 679. The number of aliphatic carboxylic acids is 1. The maximum atomic E-state index is 11.4. The Morgan fingerprint density at radius 3 is 2.21 bits per heavy atom. The van der Waals surface area contributed by atoms with E-state index in [2.05, 4.69) is 0 Å². The Morgan fingerprint density at radius 1 is 0.833 bits per heavy atom. The van der Waals surface area contributed by atoms with Gasteiger partial charge in [-0.1, -0.05) is 42.5 Å². The smallest absolute Gasteiger partial charge is 0.335 e. The van der Waals surface area contributed by atoms with Gasteiger partial charge in [-0.05, 0) is 55.4 Å². The Kier molecular flexibility index (Phi) is 6.55. The molecule has 0 aromatic heterocycles. The van der Waals surface area contributed by atoms with Crippen LogP contribution in [-0.4, -0.2) is 22.2 Å². The average molecular weight is 326 g/mol. The Hall–Kier alpha value is -2.62. The van der Waals surface area contributed by atoms with Gasteiger partial charge in [0, 0.05) is 0 Å². The van der Waals surface area contributed by atoms with Crippen LogP contribution in [0.2, 0.25) is 0 Å². The fourth-order valence-electron chi connectivity index (χ4n) is 2.79. The number of aromatic carboxylic acids is 1. The summed E-state index contributed by atoms with van der Waals surface area (Å²) in [4.78, 5) is 22.4. The summed E-state index contributed by atoms with van der Waals surface area (Å²) < 4.78 is 0. The second-order valence-corrected chi connectivity index (χ2v) is 5.96. The van der Waals surface area contributed by atoms with Crippen molar-refractivity contribution in [2.75, 3.05) is 0 Å². The van der Waals surface area contributed by atoms with Crippen molar-refractivity contribution in [1.82, 2.24) is 0 Å². The molecule has 0 fully saturated rings. The molecule has 0 saturated carbocycles. The molecule has 0 bridgehead atoms. The summed E-state index contributed by atoms with van der Waals surface area (Å²) in [7, 11) is 0. The molecule has 0 aliphatic heterocycles. The van der Waals surface area contributed by atoms with Crippen LogP contribution in [0.4, 0.5) is 0 Å². The number of rotatable bonds is 9. The van der Waals surface area contributed by atoms with Crippen LogP contribution in [0.25, 0.3) is 0 Å². The molecule has 0 saturated heterocycles. The van der Waals surface area contributed by atoms with Crippen LogP contribution >= 0.6 is 0 Å². The number of carboxylic acids is 2. The molecule has 2 rings (SSSR count). The van der Waals surface area contributed by atoms with Gasteiger partial charge in [-0.2, -0.15) is 0 Å². The molecule has 0 amide bonds. The van der Waals surface area contributed by atoms with Gasteiger partial charge in [0.2, 0.25) is 0 Å². The Morgan fingerprint density at radius 2 is 1.54 bits per heavy atom. The van der Waals surface area contributed by atoms with Crippen molar-refractivity contribution in [1.29, 1.82) is 0 Å². The van der Waals surface area contributed by atoms with Gasteiger partial charge in [0.25, 0.3) is 0 Å². The summed E-state index contributed by atoms with van der Waals surface area (Å²) in [6, 6.07) is 16.7. The molecule has 0 heterocycles. The molecule has 1 unspecified atom stereocenters. The summed E-state index contributed by atoms with van der Waals surface area (Å²) in [5.74, 6) is -2.07. The van der Waals surface area contributed by atoms with Crippen LogP contribution in [-0.2, 0) is 17.6 Å². The van der Waals surface area contributed by atoms with Gasteiger partial charge in [0.15, 0.2) is 0 Å². The molecule has 4 nitrogen and oxygen atoms in total. The average Bonchev–Trinajstić information content (AvgIpc) is 2.58. The normalized spacial score (nSPS) is 11.8. The third-order valence-electron chi connectivity index (χ3n) is 4.17. The van der Waals surface area contributed by atoms with Gasteiger partial charge in [0.05, 0.1) is 11.5 Å². The zero-order chi connectivity index (χ0) is 17.4. The Balaban J connectivity index is 1.84. The van der Waals surface area contributed by atoms with Gasteiger partial charge >= 0.3 is 11.9 Å². The Labute approximate surface area is 141 Å². The van der Waals surface area contributed by atoms with Gasteiger partial charge in [-0.15, -0.1) is 0 Å². The molecule has 0 radical (unpaired) electrons. The minimum absolute atomic E-state index is 0.270. The van der Waals surface area contributed by atoms with Crippen LogP contribution < -0.4 is 0 Å². The molecule has 1 atom stereocenters. The first-order valence-electron chi connectivity index (χ1n) is 8.15. The van der Waals surface area contributed by atoms with Crippen molar-refractivity contribution in [3.05, 3.63) is 71.3 Å². The van der Waals surface area contributed by atoms with E-state index in [0.29, 0.717) is 19.3 Å². The molecule has 0 spiro atoms. The molecule has 24 heavy (non-hydrogen) atoms.